The molecule has 0 spiro atoms. The minimum Gasteiger partial charge on any atom is -0.378 e. The van der Waals surface area contributed by atoms with Crippen LogP contribution in [0, 0.1) is 5.82 Å². The van der Waals surface area contributed by atoms with Crippen LogP contribution < -0.4 is 10.6 Å². The quantitative estimate of drug-likeness (QED) is 0.273. The van der Waals surface area contributed by atoms with E-state index < -0.39 is 6.17 Å². The molecule has 2 N–H and O–H groups in total. The number of amides is 1. The number of morpholine rings is 1. The van der Waals surface area contributed by atoms with Gasteiger partial charge in [0.25, 0.3) is 5.91 Å². The Kier molecular flexibility index (Phi) is 10.4. The van der Waals surface area contributed by atoms with Crippen LogP contribution in [0.3, 0.4) is 0 Å². The topological polar surface area (TPSA) is 70.9 Å². The summed E-state index contributed by atoms with van der Waals surface area (Å²) in [6.45, 7) is 4.99. The predicted octanol–water partition coefficient (Wildman–Crippen LogP) is 5.41. The van der Waals surface area contributed by atoms with Crippen LogP contribution in [-0.2, 0) is 4.74 Å². The highest BCUT2D eigenvalue weighted by atomic mass is 35.5. The molecule has 4 heterocycles. The normalized spacial score (nSPS) is 18.4. The van der Waals surface area contributed by atoms with Gasteiger partial charge in [0, 0.05) is 43.5 Å². The van der Waals surface area contributed by atoms with Gasteiger partial charge in [0.1, 0.15) is 12.0 Å². The van der Waals surface area contributed by atoms with E-state index in [1.165, 1.54) is 11.3 Å². The Morgan fingerprint density at radius 3 is 2.75 bits per heavy atom. The molecular weight excluding hydrogens is 579 g/mol. The van der Waals surface area contributed by atoms with Crippen molar-refractivity contribution in [2.24, 2.45) is 0 Å². The number of benzene rings is 2. The van der Waals surface area contributed by atoms with Crippen LogP contribution in [0.5, 0.6) is 0 Å². The summed E-state index contributed by atoms with van der Waals surface area (Å²) in [6.07, 6.45) is 3.23. The van der Waals surface area contributed by atoms with Crippen molar-refractivity contribution < 1.29 is 18.3 Å². The zero-order valence-electron chi connectivity index (χ0n) is 21.9. The largest absolute Gasteiger partial charge is 0.378 e. The van der Waals surface area contributed by atoms with E-state index in [0.717, 1.165) is 53.3 Å². The number of rotatable bonds is 7. The molecule has 40 heavy (non-hydrogen) atoms. The average molecular weight is 613 g/mol. The summed E-state index contributed by atoms with van der Waals surface area (Å²) < 4.78 is 36.7. The number of carbonyl (C=O) groups excluding carboxylic acids is 1. The van der Waals surface area contributed by atoms with Crippen molar-refractivity contribution in [2.45, 2.75) is 31.5 Å². The standard InChI is InChI=1S/C28H31F2N5O2S.2ClH/c29-20-6-11-34(12-7-20)10-1-8-32-27(36)19-3-5-25-26(15-19)38-28-33-23(16-35(25)28)21-4-2-18(14-22(21)30)24-17-37-13-9-31-24;;/h2-5,14-16,20,24,31H,1,6-13,17H2,(H,32,36);2*1H. The van der Waals surface area contributed by atoms with Gasteiger partial charge in [-0.25, -0.2) is 13.8 Å². The zero-order valence-corrected chi connectivity index (χ0v) is 24.4. The summed E-state index contributed by atoms with van der Waals surface area (Å²) in [5.74, 6) is -0.420. The molecule has 1 unspecified atom stereocenters. The van der Waals surface area contributed by atoms with E-state index in [9.17, 15) is 9.18 Å². The number of hydrogen-bond donors (Lipinski definition) is 2. The third-order valence-corrected chi connectivity index (χ3v) is 8.42. The Morgan fingerprint density at radius 2 is 2.00 bits per heavy atom. The Morgan fingerprint density at radius 1 is 1.18 bits per heavy atom. The van der Waals surface area contributed by atoms with Crippen LogP contribution in [-0.4, -0.2) is 72.3 Å². The number of carbonyl (C=O) groups is 1. The molecule has 0 bridgehead atoms. The van der Waals surface area contributed by atoms with Gasteiger partial charge in [-0.15, -0.1) is 24.8 Å². The number of aromatic nitrogens is 2. The first kappa shape index (κ1) is 30.6. The molecule has 0 aliphatic carbocycles. The molecule has 2 aromatic carbocycles. The smallest absolute Gasteiger partial charge is 0.251 e. The monoisotopic (exact) mass is 611 g/mol. The van der Waals surface area contributed by atoms with Crippen molar-refractivity contribution in [3.63, 3.8) is 0 Å². The summed E-state index contributed by atoms with van der Waals surface area (Å²) in [5.41, 5.74) is 3.43. The third-order valence-electron chi connectivity index (χ3n) is 7.40. The Balaban J connectivity index is 0.00000185. The van der Waals surface area contributed by atoms with E-state index in [0.29, 0.717) is 49.4 Å². The van der Waals surface area contributed by atoms with Gasteiger partial charge in [-0.3, -0.25) is 9.20 Å². The SMILES string of the molecule is Cl.Cl.O=C(NCCCN1CCC(F)CC1)c1ccc2c(c1)sc1nc(-c3ccc(C4COCCN4)cc3F)cn12. The van der Waals surface area contributed by atoms with Crippen LogP contribution >= 0.6 is 36.2 Å². The molecule has 0 radical (unpaired) electrons. The fourth-order valence-corrected chi connectivity index (χ4v) is 6.29. The van der Waals surface area contributed by atoms with Gasteiger partial charge in [0.15, 0.2) is 4.96 Å². The number of likely N-dealkylation sites (tertiary alicyclic amines) is 1. The Hall–Kier alpha value is -2.34. The van der Waals surface area contributed by atoms with Crippen LogP contribution in [0.4, 0.5) is 8.78 Å². The lowest BCUT2D eigenvalue weighted by Crippen LogP contribution is -2.36. The number of alkyl halides is 1. The Bertz CT molecular complexity index is 1450. The van der Waals surface area contributed by atoms with E-state index in [2.05, 4.69) is 20.5 Å². The van der Waals surface area contributed by atoms with Crippen LogP contribution in [0.1, 0.15) is 41.2 Å². The average Bonchev–Trinajstić information content (AvgIpc) is 3.50. The summed E-state index contributed by atoms with van der Waals surface area (Å²) in [7, 11) is 0. The van der Waals surface area contributed by atoms with Gasteiger partial charge in [-0.2, -0.15) is 0 Å². The minimum atomic E-state index is -0.667. The molecule has 12 heteroatoms. The number of nitrogens with zero attached hydrogens (tertiary/aromatic N) is 3. The molecule has 2 saturated heterocycles. The number of thiazole rings is 1. The Labute approximate surface area is 248 Å². The molecule has 0 saturated carbocycles. The fourth-order valence-electron chi connectivity index (χ4n) is 5.24. The number of piperidine rings is 1. The van der Waals surface area contributed by atoms with Gasteiger partial charge in [0.2, 0.25) is 0 Å². The maximum Gasteiger partial charge on any atom is 0.251 e. The molecule has 216 valence electrons. The molecule has 2 aromatic heterocycles. The van der Waals surface area contributed by atoms with E-state index in [4.69, 9.17) is 4.74 Å². The van der Waals surface area contributed by atoms with Crippen molar-refractivity contribution in [1.82, 2.24) is 24.9 Å². The minimum absolute atomic E-state index is 0. The summed E-state index contributed by atoms with van der Waals surface area (Å²) in [4.78, 5) is 20.4. The van der Waals surface area contributed by atoms with E-state index in [-0.39, 0.29) is 42.6 Å². The second-order valence-corrected chi connectivity index (χ2v) is 11.0. The second kappa shape index (κ2) is 13.5. The summed E-state index contributed by atoms with van der Waals surface area (Å²) >= 11 is 1.47. The van der Waals surface area contributed by atoms with Crippen LogP contribution in [0.2, 0.25) is 0 Å². The lowest BCUT2D eigenvalue weighted by Gasteiger charge is -2.28. The first-order valence-electron chi connectivity index (χ1n) is 13.2. The molecule has 2 aliphatic heterocycles. The molecule has 2 fully saturated rings. The van der Waals surface area contributed by atoms with Crippen LogP contribution in [0.25, 0.3) is 26.4 Å². The zero-order chi connectivity index (χ0) is 26.1. The first-order chi connectivity index (χ1) is 18.5. The summed E-state index contributed by atoms with van der Waals surface area (Å²) in [6, 6.07) is 10.9. The fraction of sp³-hybridized carbons (Fsp3) is 0.429. The number of halogens is 4. The lowest BCUT2D eigenvalue weighted by atomic mass is 10.0. The number of ether oxygens (including phenoxy) is 1. The maximum atomic E-state index is 15.1. The molecule has 4 aromatic rings. The highest BCUT2D eigenvalue weighted by Gasteiger charge is 2.20. The molecule has 1 atom stereocenters. The van der Waals surface area contributed by atoms with Crippen molar-refractivity contribution >= 4 is 57.2 Å². The molecule has 6 rings (SSSR count). The molecule has 1 amide bonds. The maximum absolute atomic E-state index is 15.1. The summed E-state index contributed by atoms with van der Waals surface area (Å²) in [5, 5.41) is 6.34. The van der Waals surface area contributed by atoms with Gasteiger partial charge in [0.05, 0.1) is 35.2 Å². The number of imidazole rings is 1. The van der Waals surface area contributed by atoms with E-state index >= 15 is 4.39 Å². The predicted molar refractivity (Wildman–Crippen MR) is 160 cm³/mol. The molecular formula is C28H33Cl2F2N5O2S. The molecule has 7 nitrogen and oxygen atoms in total. The van der Waals surface area contributed by atoms with Gasteiger partial charge in [-0.05, 0) is 61.7 Å². The van der Waals surface area contributed by atoms with Crippen LogP contribution in [0.15, 0.2) is 42.6 Å². The van der Waals surface area contributed by atoms with Crippen molar-refractivity contribution in [2.75, 3.05) is 45.9 Å². The number of hydrogen-bond acceptors (Lipinski definition) is 6. The number of nitrogens with one attached hydrogen (secondary N) is 2. The van der Waals surface area contributed by atoms with E-state index in [1.807, 2.05) is 34.9 Å². The van der Waals surface area contributed by atoms with Gasteiger partial charge < -0.3 is 20.3 Å². The second-order valence-electron chi connectivity index (χ2n) is 10.0. The first-order valence-corrected chi connectivity index (χ1v) is 14.0. The highest BCUT2D eigenvalue weighted by molar-refractivity contribution is 7.23. The highest BCUT2D eigenvalue weighted by Crippen LogP contribution is 2.32. The van der Waals surface area contributed by atoms with Gasteiger partial charge in [-0.1, -0.05) is 17.4 Å². The third kappa shape index (κ3) is 6.58. The van der Waals surface area contributed by atoms with E-state index in [1.54, 1.807) is 12.1 Å². The van der Waals surface area contributed by atoms with Gasteiger partial charge >= 0.3 is 0 Å². The van der Waals surface area contributed by atoms with Crippen molar-refractivity contribution in [1.29, 1.82) is 0 Å². The number of fused-ring (bicyclic) bond motifs is 3. The molecule has 2 aliphatic rings. The van der Waals surface area contributed by atoms with Crippen molar-refractivity contribution in [3.8, 4) is 11.3 Å². The van der Waals surface area contributed by atoms with Crippen molar-refractivity contribution in [3.05, 3.63) is 59.5 Å². The lowest BCUT2D eigenvalue weighted by molar-refractivity contribution is 0.0768.